The van der Waals surface area contributed by atoms with Crippen LogP contribution in [0.1, 0.15) is 51.4 Å². The molecule has 0 N–H and O–H groups in total. The first-order valence-electron chi connectivity index (χ1n) is 11.8. The van der Waals surface area contributed by atoms with Gasteiger partial charge in [-0.2, -0.15) is 0 Å². The normalized spacial score (nSPS) is 38.4. The number of fused-ring (bicyclic) bond motifs is 4. The summed E-state index contributed by atoms with van der Waals surface area (Å²) in [5, 5.41) is 0. The highest BCUT2D eigenvalue weighted by Gasteiger charge is 2.40. The average molecular weight is 427 g/mol. The fraction of sp³-hybridized carbons (Fsp3) is 1.00. The van der Waals surface area contributed by atoms with E-state index >= 15 is 0 Å². The molecule has 0 radical (unpaired) electrons. The molecule has 4 rings (SSSR count). The van der Waals surface area contributed by atoms with Crippen molar-refractivity contribution < 1.29 is 8.42 Å². The zero-order valence-electron chi connectivity index (χ0n) is 19.0. The van der Waals surface area contributed by atoms with Crippen LogP contribution in [0.5, 0.6) is 0 Å². The van der Waals surface area contributed by atoms with E-state index in [4.69, 9.17) is 0 Å². The summed E-state index contributed by atoms with van der Waals surface area (Å²) >= 11 is 0. The Morgan fingerprint density at radius 2 is 1.00 bits per heavy atom. The third-order valence-corrected chi connectivity index (χ3v) is 10.5. The fourth-order valence-corrected chi connectivity index (χ4v) is 7.86. The molecule has 6 nitrogen and oxygen atoms in total. The second kappa shape index (κ2) is 8.73. The molecule has 4 bridgehead atoms. The number of piperidine rings is 2. The molecule has 4 saturated heterocycles. The van der Waals surface area contributed by atoms with Crippen LogP contribution < -0.4 is 0 Å². The van der Waals surface area contributed by atoms with E-state index in [1.807, 2.05) is 0 Å². The Hall–Kier alpha value is -0.210. The number of hydrogen-bond acceptors (Lipinski definition) is 6. The lowest BCUT2D eigenvalue weighted by atomic mass is 9.97. The summed E-state index contributed by atoms with van der Waals surface area (Å²) in [6.07, 6.45) is 10.1. The molecular weight excluding hydrogens is 384 g/mol. The minimum atomic E-state index is -3.00. The molecule has 0 amide bonds. The van der Waals surface area contributed by atoms with Crippen LogP contribution in [-0.2, 0) is 9.84 Å². The van der Waals surface area contributed by atoms with Crippen LogP contribution in [0.4, 0.5) is 0 Å². The lowest BCUT2D eigenvalue weighted by molar-refractivity contribution is 0.0930. The summed E-state index contributed by atoms with van der Waals surface area (Å²) in [7, 11) is 5.78. The van der Waals surface area contributed by atoms with Crippen molar-refractivity contribution in [1.82, 2.24) is 19.6 Å². The molecule has 0 saturated carbocycles. The molecule has 4 atom stereocenters. The van der Waals surface area contributed by atoms with Crippen LogP contribution in [0.2, 0.25) is 0 Å². The van der Waals surface area contributed by atoms with Gasteiger partial charge < -0.3 is 19.6 Å². The van der Waals surface area contributed by atoms with Crippen molar-refractivity contribution in [3.05, 3.63) is 0 Å². The van der Waals surface area contributed by atoms with Gasteiger partial charge in [0.1, 0.15) is 0 Å². The third kappa shape index (κ3) is 4.84. The van der Waals surface area contributed by atoms with Gasteiger partial charge >= 0.3 is 0 Å². The number of sulfone groups is 1. The van der Waals surface area contributed by atoms with Gasteiger partial charge in [0.05, 0.1) is 11.5 Å². The molecule has 0 aliphatic carbocycles. The zero-order chi connectivity index (χ0) is 20.8. The molecule has 0 spiro atoms. The minimum absolute atomic E-state index is 0.303. The second-order valence-electron chi connectivity index (χ2n) is 10.5. The maximum Gasteiger partial charge on any atom is 0.152 e. The highest BCUT2D eigenvalue weighted by Crippen LogP contribution is 2.37. The number of rotatable bonds is 8. The van der Waals surface area contributed by atoms with E-state index in [1.165, 1.54) is 51.4 Å². The van der Waals surface area contributed by atoms with Crippen molar-refractivity contribution in [3.63, 3.8) is 0 Å². The summed E-state index contributed by atoms with van der Waals surface area (Å²) < 4.78 is 25.4. The van der Waals surface area contributed by atoms with Gasteiger partial charge in [-0.3, -0.25) is 0 Å². The van der Waals surface area contributed by atoms with Crippen molar-refractivity contribution in [1.29, 1.82) is 0 Å². The highest BCUT2D eigenvalue weighted by atomic mass is 32.2. The summed E-state index contributed by atoms with van der Waals surface area (Å²) in [5.74, 6) is 0.606. The first-order chi connectivity index (χ1) is 13.7. The third-order valence-electron chi connectivity index (χ3n) is 8.90. The molecule has 4 unspecified atom stereocenters. The summed E-state index contributed by atoms with van der Waals surface area (Å²) in [6.45, 7) is 1.36. The predicted molar refractivity (Wildman–Crippen MR) is 119 cm³/mol. The monoisotopic (exact) mass is 426 g/mol. The molecule has 4 aliphatic heterocycles. The second-order valence-corrected chi connectivity index (χ2v) is 12.8. The first kappa shape index (κ1) is 22.0. The predicted octanol–water partition coefficient (Wildman–Crippen LogP) is 1.52. The van der Waals surface area contributed by atoms with Gasteiger partial charge in [0, 0.05) is 49.3 Å². The van der Waals surface area contributed by atoms with E-state index in [0.717, 1.165) is 0 Å². The van der Waals surface area contributed by atoms with Crippen molar-refractivity contribution in [2.24, 2.45) is 0 Å². The SMILES string of the molecule is CN(CCS(=O)(=O)CCN(C)C1CC2CCC(C1)N2C)C1CC2CCC(C1)N2C. The maximum absolute atomic E-state index is 12.7. The Balaban J connectivity index is 1.20. The van der Waals surface area contributed by atoms with Gasteiger partial charge in [0.15, 0.2) is 9.84 Å². The lowest BCUT2D eigenvalue weighted by Gasteiger charge is -2.40. The van der Waals surface area contributed by atoms with Crippen molar-refractivity contribution >= 4 is 9.84 Å². The van der Waals surface area contributed by atoms with Crippen LogP contribution >= 0.6 is 0 Å². The van der Waals surface area contributed by atoms with Gasteiger partial charge in [-0.1, -0.05) is 0 Å². The van der Waals surface area contributed by atoms with Crippen LogP contribution in [0, 0.1) is 0 Å². The topological polar surface area (TPSA) is 47.1 Å². The first-order valence-corrected chi connectivity index (χ1v) is 13.6. The van der Waals surface area contributed by atoms with Crippen LogP contribution in [0.25, 0.3) is 0 Å². The van der Waals surface area contributed by atoms with E-state index < -0.39 is 9.84 Å². The van der Waals surface area contributed by atoms with Crippen LogP contribution in [-0.4, -0.2) is 117 Å². The van der Waals surface area contributed by atoms with E-state index in [9.17, 15) is 8.42 Å². The van der Waals surface area contributed by atoms with Crippen molar-refractivity contribution in [2.45, 2.75) is 87.6 Å². The molecule has 4 heterocycles. The Bertz CT molecular complexity index is 594. The minimum Gasteiger partial charge on any atom is -0.302 e. The fourth-order valence-electron chi connectivity index (χ4n) is 6.52. The molecule has 29 heavy (non-hydrogen) atoms. The van der Waals surface area contributed by atoms with Gasteiger partial charge in [-0.15, -0.1) is 0 Å². The van der Waals surface area contributed by atoms with Crippen molar-refractivity contribution in [3.8, 4) is 0 Å². The Morgan fingerprint density at radius 3 is 1.31 bits per heavy atom. The smallest absolute Gasteiger partial charge is 0.152 e. The van der Waals surface area contributed by atoms with E-state index in [-0.39, 0.29) is 0 Å². The van der Waals surface area contributed by atoms with Crippen LogP contribution in [0.3, 0.4) is 0 Å². The largest absolute Gasteiger partial charge is 0.302 e. The molecule has 0 aromatic heterocycles. The summed E-state index contributed by atoms with van der Waals surface area (Å²) in [4.78, 5) is 9.75. The Labute approximate surface area is 178 Å². The highest BCUT2D eigenvalue weighted by molar-refractivity contribution is 7.91. The number of nitrogens with zero attached hydrogens (tertiary/aromatic N) is 4. The molecule has 4 aliphatic rings. The zero-order valence-corrected chi connectivity index (χ0v) is 19.8. The van der Waals surface area contributed by atoms with Crippen molar-refractivity contribution in [2.75, 3.05) is 52.8 Å². The van der Waals surface area contributed by atoms with Gasteiger partial charge in [-0.25, -0.2) is 8.42 Å². The average Bonchev–Trinajstić information content (AvgIpc) is 3.03. The molecule has 0 aromatic carbocycles. The van der Waals surface area contributed by atoms with Gasteiger partial charge in [0.25, 0.3) is 0 Å². The van der Waals surface area contributed by atoms with E-state index in [2.05, 4.69) is 47.8 Å². The molecule has 7 heteroatoms. The van der Waals surface area contributed by atoms with Gasteiger partial charge in [0.2, 0.25) is 0 Å². The summed E-state index contributed by atoms with van der Waals surface area (Å²) in [6, 6.07) is 3.92. The molecular formula is C22H42N4O2S. The number of hydrogen-bond donors (Lipinski definition) is 0. The van der Waals surface area contributed by atoms with Gasteiger partial charge in [-0.05, 0) is 79.6 Å². The molecule has 4 fully saturated rings. The summed E-state index contributed by atoms with van der Waals surface area (Å²) in [5.41, 5.74) is 0. The standard InChI is InChI=1S/C22H42N4O2S/c1-23(21-13-17-5-6-18(14-21)25(17)3)9-11-29(27,28)12-10-24(2)22-15-19-7-8-20(16-22)26(19)4/h17-22H,5-16H2,1-4H3. The maximum atomic E-state index is 12.7. The van der Waals surface area contributed by atoms with Crippen LogP contribution in [0.15, 0.2) is 0 Å². The van der Waals surface area contributed by atoms with E-state index in [0.29, 0.717) is 60.8 Å². The molecule has 0 aromatic rings. The molecule has 168 valence electrons. The lowest BCUT2D eigenvalue weighted by Crippen LogP contribution is -2.49. The Morgan fingerprint density at radius 1 is 0.690 bits per heavy atom. The van der Waals surface area contributed by atoms with E-state index in [1.54, 1.807) is 0 Å². The Kier molecular flexibility index (Phi) is 6.63. The quantitative estimate of drug-likeness (QED) is 0.586.